The smallest absolute Gasteiger partial charge is 0.320 e. The first-order chi connectivity index (χ1) is 8.16. The van der Waals surface area contributed by atoms with Crippen molar-refractivity contribution in [1.82, 2.24) is 9.55 Å². The number of nitrogens with two attached hydrogens (primary N) is 1. The van der Waals surface area contributed by atoms with Crippen LogP contribution >= 0.6 is 0 Å². The molecule has 2 rings (SSSR count). The highest BCUT2D eigenvalue weighted by Crippen LogP contribution is 2.08. The van der Waals surface area contributed by atoms with Gasteiger partial charge in [-0.25, -0.2) is 4.98 Å². The second-order valence-corrected chi connectivity index (χ2v) is 3.76. The standard InChI is InChI=1S/C12H13N3O2/c13-11(12(16)17)6-9-7-15(8-14-9)10-4-2-1-3-5-10/h1-5,7-8,11H,6,13H2,(H,16,17)/t11-/m0/s1. The summed E-state index contributed by atoms with van der Waals surface area (Å²) in [5, 5.41) is 8.71. The number of imidazole rings is 1. The molecule has 17 heavy (non-hydrogen) atoms. The van der Waals surface area contributed by atoms with Gasteiger partial charge in [0.25, 0.3) is 0 Å². The molecule has 0 aliphatic rings. The van der Waals surface area contributed by atoms with E-state index in [1.54, 1.807) is 12.5 Å². The summed E-state index contributed by atoms with van der Waals surface area (Å²) in [6.45, 7) is 0. The zero-order valence-electron chi connectivity index (χ0n) is 9.15. The van der Waals surface area contributed by atoms with Gasteiger partial charge < -0.3 is 15.4 Å². The van der Waals surface area contributed by atoms with Crippen LogP contribution in [-0.4, -0.2) is 26.7 Å². The molecule has 5 heteroatoms. The summed E-state index contributed by atoms with van der Waals surface area (Å²) in [5.41, 5.74) is 7.10. The Morgan fingerprint density at radius 2 is 2.12 bits per heavy atom. The molecule has 0 bridgehead atoms. The first kappa shape index (κ1) is 11.3. The molecule has 1 heterocycles. The number of nitrogens with zero attached hydrogens (tertiary/aromatic N) is 2. The number of para-hydroxylation sites is 1. The Morgan fingerprint density at radius 3 is 2.76 bits per heavy atom. The highest BCUT2D eigenvalue weighted by molar-refractivity contribution is 5.73. The van der Waals surface area contributed by atoms with Crippen molar-refractivity contribution in [3.8, 4) is 5.69 Å². The first-order valence-corrected chi connectivity index (χ1v) is 5.23. The fourth-order valence-electron chi connectivity index (χ4n) is 1.52. The summed E-state index contributed by atoms with van der Waals surface area (Å²) in [6, 6.07) is 8.78. The van der Waals surface area contributed by atoms with Crippen molar-refractivity contribution in [2.24, 2.45) is 5.73 Å². The van der Waals surface area contributed by atoms with Crippen LogP contribution in [0.15, 0.2) is 42.9 Å². The first-order valence-electron chi connectivity index (χ1n) is 5.23. The Balaban J connectivity index is 2.14. The van der Waals surface area contributed by atoms with Crippen LogP contribution in [0.1, 0.15) is 5.69 Å². The zero-order chi connectivity index (χ0) is 12.3. The van der Waals surface area contributed by atoms with Gasteiger partial charge in [0.2, 0.25) is 0 Å². The van der Waals surface area contributed by atoms with E-state index in [1.165, 1.54) is 0 Å². The van der Waals surface area contributed by atoms with E-state index in [0.29, 0.717) is 5.69 Å². The monoisotopic (exact) mass is 231 g/mol. The highest BCUT2D eigenvalue weighted by Gasteiger charge is 2.13. The molecule has 0 radical (unpaired) electrons. The predicted octanol–water partition coefficient (Wildman–Crippen LogP) is 0.827. The molecule has 1 aromatic carbocycles. The lowest BCUT2D eigenvalue weighted by Crippen LogP contribution is -2.32. The number of hydrogen-bond donors (Lipinski definition) is 2. The number of carboxylic acid groups (broad SMARTS) is 1. The Hall–Kier alpha value is -2.14. The van der Waals surface area contributed by atoms with Gasteiger partial charge in [-0.3, -0.25) is 4.79 Å². The molecule has 0 aliphatic carbocycles. The molecule has 0 aliphatic heterocycles. The topological polar surface area (TPSA) is 81.1 Å². The molecule has 0 unspecified atom stereocenters. The normalized spacial score (nSPS) is 12.3. The number of rotatable bonds is 4. The van der Waals surface area contributed by atoms with Gasteiger partial charge in [-0.05, 0) is 12.1 Å². The average molecular weight is 231 g/mol. The molecule has 0 saturated heterocycles. The van der Waals surface area contributed by atoms with Gasteiger partial charge in [0.1, 0.15) is 6.04 Å². The van der Waals surface area contributed by atoms with Crippen molar-refractivity contribution in [2.45, 2.75) is 12.5 Å². The minimum Gasteiger partial charge on any atom is -0.480 e. The highest BCUT2D eigenvalue weighted by atomic mass is 16.4. The van der Waals surface area contributed by atoms with E-state index in [0.717, 1.165) is 5.69 Å². The Labute approximate surface area is 98.5 Å². The molecule has 1 aromatic heterocycles. The summed E-state index contributed by atoms with van der Waals surface area (Å²) in [4.78, 5) is 14.8. The van der Waals surface area contributed by atoms with Crippen molar-refractivity contribution in [3.05, 3.63) is 48.5 Å². The van der Waals surface area contributed by atoms with Crippen LogP contribution in [0.2, 0.25) is 0 Å². The molecule has 5 nitrogen and oxygen atoms in total. The molecule has 0 saturated carbocycles. The van der Waals surface area contributed by atoms with Crippen LogP contribution in [0.4, 0.5) is 0 Å². The fraction of sp³-hybridized carbons (Fsp3) is 0.167. The molecule has 0 amide bonds. The third-order valence-electron chi connectivity index (χ3n) is 2.44. The largest absolute Gasteiger partial charge is 0.480 e. The van der Waals surface area contributed by atoms with Gasteiger partial charge >= 0.3 is 5.97 Å². The van der Waals surface area contributed by atoms with E-state index in [2.05, 4.69) is 4.98 Å². The predicted molar refractivity (Wildman–Crippen MR) is 62.9 cm³/mol. The second kappa shape index (κ2) is 4.80. The number of carbonyl (C=O) groups is 1. The lowest BCUT2D eigenvalue weighted by molar-refractivity contribution is -0.138. The lowest BCUT2D eigenvalue weighted by atomic mass is 10.2. The van der Waals surface area contributed by atoms with Gasteiger partial charge in [-0.1, -0.05) is 18.2 Å². The zero-order valence-corrected chi connectivity index (χ0v) is 9.15. The Kier molecular flexibility index (Phi) is 3.20. The van der Waals surface area contributed by atoms with Crippen LogP contribution in [0.5, 0.6) is 0 Å². The number of benzene rings is 1. The molecule has 3 N–H and O–H groups in total. The maximum absolute atomic E-state index is 10.6. The Bertz CT molecular complexity index is 507. The summed E-state index contributed by atoms with van der Waals surface area (Å²) in [5.74, 6) is -1.01. The van der Waals surface area contributed by atoms with Gasteiger partial charge in [-0.15, -0.1) is 0 Å². The molecule has 0 fully saturated rings. The minimum absolute atomic E-state index is 0.231. The second-order valence-electron chi connectivity index (χ2n) is 3.76. The number of hydrogen-bond acceptors (Lipinski definition) is 3. The Morgan fingerprint density at radius 1 is 1.41 bits per heavy atom. The van der Waals surface area contributed by atoms with Crippen LogP contribution < -0.4 is 5.73 Å². The summed E-state index contributed by atoms with van der Waals surface area (Å²) >= 11 is 0. The van der Waals surface area contributed by atoms with Crippen molar-refractivity contribution in [3.63, 3.8) is 0 Å². The quantitative estimate of drug-likeness (QED) is 0.816. The van der Waals surface area contributed by atoms with Gasteiger partial charge in [0.05, 0.1) is 12.0 Å². The van der Waals surface area contributed by atoms with Crippen molar-refractivity contribution in [1.29, 1.82) is 0 Å². The molecule has 1 atom stereocenters. The fourth-order valence-corrected chi connectivity index (χ4v) is 1.52. The van der Waals surface area contributed by atoms with Crippen LogP contribution in [0, 0.1) is 0 Å². The van der Waals surface area contributed by atoms with E-state index in [-0.39, 0.29) is 6.42 Å². The van der Waals surface area contributed by atoms with Crippen molar-refractivity contribution < 1.29 is 9.90 Å². The van der Waals surface area contributed by atoms with Crippen LogP contribution in [0.3, 0.4) is 0 Å². The maximum atomic E-state index is 10.6. The third kappa shape index (κ3) is 2.70. The lowest BCUT2D eigenvalue weighted by Gasteiger charge is -2.02. The van der Waals surface area contributed by atoms with Gasteiger partial charge in [-0.2, -0.15) is 0 Å². The molecular weight excluding hydrogens is 218 g/mol. The average Bonchev–Trinajstić information content (AvgIpc) is 2.78. The van der Waals surface area contributed by atoms with E-state index < -0.39 is 12.0 Å². The van der Waals surface area contributed by atoms with Gasteiger partial charge in [0, 0.05) is 18.3 Å². The maximum Gasteiger partial charge on any atom is 0.320 e. The molecular formula is C12H13N3O2. The van der Waals surface area contributed by atoms with E-state index in [9.17, 15) is 4.79 Å². The number of aliphatic carboxylic acids is 1. The summed E-state index contributed by atoms with van der Waals surface area (Å²) < 4.78 is 1.84. The number of carboxylic acids is 1. The van der Waals surface area contributed by atoms with Crippen molar-refractivity contribution >= 4 is 5.97 Å². The van der Waals surface area contributed by atoms with Crippen LogP contribution in [-0.2, 0) is 11.2 Å². The van der Waals surface area contributed by atoms with E-state index in [4.69, 9.17) is 10.8 Å². The van der Waals surface area contributed by atoms with E-state index in [1.807, 2.05) is 34.9 Å². The summed E-state index contributed by atoms with van der Waals surface area (Å²) in [7, 11) is 0. The van der Waals surface area contributed by atoms with E-state index >= 15 is 0 Å². The van der Waals surface area contributed by atoms with Gasteiger partial charge in [0.15, 0.2) is 0 Å². The van der Waals surface area contributed by atoms with Crippen molar-refractivity contribution in [2.75, 3.05) is 0 Å². The molecule has 0 spiro atoms. The SMILES string of the molecule is N[C@@H](Cc1cn(-c2ccccc2)cn1)C(=O)O. The molecule has 2 aromatic rings. The third-order valence-corrected chi connectivity index (χ3v) is 2.44. The number of aromatic nitrogens is 2. The molecule has 88 valence electrons. The van der Waals surface area contributed by atoms with Crippen LogP contribution in [0.25, 0.3) is 5.69 Å². The summed E-state index contributed by atoms with van der Waals surface area (Å²) in [6.07, 6.45) is 3.67. The minimum atomic E-state index is -1.01.